The second-order valence-electron chi connectivity index (χ2n) is 2.62. The lowest BCUT2D eigenvalue weighted by Crippen LogP contribution is -2.12. The molecule has 0 atom stereocenters. The fourth-order valence-electron chi connectivity index (χ4n) is 0.987. The van der Waals surface area contributed by atoms with Crippen LogP contribution >= 0.6 is 11.3 Å². The van der Waals surface area contributed by atoms with Gasteiger partial charge >= 0.3 is 6.09 Å². The average Bonchev–Trinajstić information content (AvgIpc) is 2.69. The summed E-state index contributed by atoms with van der Waals surface area (Å²) in [5.41, 5.74) is 0.982. The minimum atomic E-state index is -0.569. The minimum Gasteiger partial charge on any atom is -0.453 e. The first-order valence-electron chi connectivity index (χ1n) is 3.86. The van der Waals surface area contributed by atoms with Crippen LogP contribution in [-0.4, -0.2) is 27.8 Å². The highest BCUT2D eigenvalue weighted by molar-refractivity contribution is 7.15. The maximum Gasteiger partial charge on any atom is 0.413 e. The van der Waals surface area contributed by atoms with Gasteiger partial charge in [-0.25, -0.2) is 9.31 Å². The molecule has 0 aliphatic rings. The summed E-state index contributed by atoms with van der Waals surface area (Å²) < 4.78 is 6.08. The number of nitrogens with one attached hydrogen (secondary N) is 1. The van der Waals surface area contributed by atoms with Crippen LogP contribution in [0.1, 0.15) is 5.69 Å². The summed E-state index contributed by atoms with van der Waals surface area (Å²) in [6.45, 7) is 1.92. The molecule has 0 aromatic carbocycles. The van der Waals surface area contributed by atoms with Gasteiger partial charge in [-0.3, -0.25) is 5.32 Å². The molecule has 74 valence electrons. The molecular formula is C7H8N4O2S. The van der Waals surface area contributed by atoms with Crippen LogP contribution in [0.15, 0.2) is 5.38 Å². The third kappa shape index (κ3) is 1.41. The van der Waals surface area contributed by atoms with E-state index >= 15 is 0 Å². The maximum atomic E-state index is 10.8. The second-order valence-corrected chi connectivity index (χ2v) is 3.46. The normalized spacial score (nSPS) is 10.4. The van der Waals surface area contributed by atoms with Gasteiger partial charge in [-0.05, 0) is 6.92 Å². The molecule has 0 aliphatic heterocycles. The Bertz CT molecular complexity index is 475. The van der Waals surface area contributed by atoms with Gasteiger partial charge in [-0.1, -0.05) is 0 Å². The van der Waals surface area contributed by atoms with Crippen molar-refractivity contribution < 1.29 is 9.53 Å². The van der Waals surface area contributed by atoms with E-state index in [1.165, 1.54) is 18.4 Å². The van der Waals surface area contributed by atoms with Crippen molar-refractivity contribution in [1.29, 1.82) is 0 Å². The smallest absolute Gasteiger partial charge is 0.413 e. The number of nitrogens with zero attached hydrogens (tertiary/aromatic N) is 3. The molecule has 0 spiro atoms. The number of aromatic nitrogens is 3. The van der Waals surface area contributed by atoms with Crippen molar-refractivity contribution in [2.45, 2.75) is 6.92 Å². The molecular weight excluding hydrogens is 204 g/mol. The second kappa shape index (κ2) is 3.26. The fourth-order valence-corrected chi connectivity index (χ4v) is 1.79. The molecule has 0 saturated heterocycles. The molecule has 0 fully saturated rings. The van der Waals surface area contributed by atoms with E-state index in [1.807, 2.05) is 12.3 Å². The molecule has 1 N–H and O–H groups in total. The van der Waals surface area contributed by atoms with Gasteiger partial charge in [0, 0.05) is 5.38 Å². The van der Waals surface area contributed by atoms with E-state index in [4.69, 9.17) is 0 Å². The highest BCUT2D eigenvalue weighted by atomic mass is 32.1. The number of rotatable bonds is 1. The lowest BCUT2D eigenvalue weighted by Gasteiger charge is -1.95. The van der Waals surface area contributed by atoms with E-state index in [2.05, 4.69) is 20.1 Å². The van der Waals surface area contributed by atoms with E-state index in [-0.39, 0.29) is 5.95 Å². The molecule has 6 nitrogen and oxygen atoms in total. The fraction of sp³-hybridized carbons (Fsp3) is 0.286. The number of carbonyl (C=O) groups excluding carboxylic acids is 1. The summed E-state index contributed by atoms with van der Waals surface area (Å²) >= 11 is 1.47. The van der Waals surface area contributed by atoms with Crippen LogP contribution in [0.2, 0.25) is 0 Å². The number of fused-ring (bicyclic) bond motifs is 1. The number of hydrogen-bond donors (Lipinski definition) is 1. The SMILES string of the molecule is COC(=O)Nc1nc2scc(C)n2n1. The Labute approximate surface area is 83.5 Å². The molecule has 2 heterocycles. The molecule has 0 saturated carbocycles. The van der Waals surface area contributed by atoms with Crippen LogP contribution in [0.3, 0.4) is 0 Å². The van der Waals surface area contributed by atoms with Crippen molar-refractivity contribution in [2.24, 2.45) is 0 Å². The summed E-state index contributed by atoms with van der Waals surface area (Å²) in [5.74, 6) is 0.256. The largest absolute Gasteiger partial charge is 0.453 e. The Morgan fingerprint density at radius 1 is 1.71 bits per heavy atom. The summed E-state index contributed by atoms with van der Waals surface area (Å²) in [4.78, 5) is 15.7. The minimum absolute atomic E-state index is 0.256. The maximum absolute atomic E-state index is 10.8. The highest BCUT2D eigenvalue weighted by Crippen LogP contribution is 2.15. The van der Waals surface area contributed by atoms with Crippen LogP contribution < -0.4 is 5.32 Å². The number of anilines is 1. The van der Waals surface area contributed by atoms with Crippen molar-refractivity contribution in [1.82, 2.24) is 14.6 Å². The molecule has 0 unspecified atom stereocenters. The van der Waals surface area contributed by atoms with E-state index < -0.39 is 6.09 Å². The Hall–Kier alpha value is -1.63. The van der Waals surface area contributed by atoms with Crippen molar-refractivity contribution >= 4 is 28.3 Å². The third-order valence-corrected chi connectivity index (χ3v) is 2.58. The Morgan fingerprint density at radius 2 is 2.50 bits per heavy atom. The first kappa shape index (κ1) is 8.95. The summed E-state index contributed by atoms with van der Waals surface area (Å²) in [7, 11) is 1.29. The summed E-state index contributed by atoms with van der Waals surface area (Å²) in [6, 6.07) is 0. The molecule has 0 radical (unpaired) electrons. The van der Waals surface area contributed by atoms with Gasteiger partial charge in [0.2, 0.25) is 4.96 Å². The van der Waals surface area contributed by atoms with E-state index in [0.29, 0.717) is 0 Å². The zero-order valence-corrected chi connectivity index (χ0v) is 8.46. The lowest BCUT2D eigenvalue weighted by atomic mass is 10.6. The Balaban J connectivity index is 2.31. The van der Waals surface area contributed by atoms with Gasteiger partial charge in [0.05, 0.1) is 12.8 Å². The van der Waals surface area contributed by atoms with Gasteiger partial charge in [0.15, 0.2) is 0 Å². The molecule has 2 aromatic rings. The van der Waals surface area contributed by atoms with Gasteiger partial charge in [-0.15, -0.1) is 16.4 Å². The van der Waals surface area contributed by atoms with Gasteiger partial charge < -0.3 is 4.74 Å². The van der Waals surface area contributed by atoms with E-state index in [1.54, 1.807) is 4.52 Å². The zero-order chi connectivity index (χ0) is 10.1. The number of thiazole rings is 1. The van der Waals surface area contributed by atoms with E-state index in [9.17, 15) is 4.79 Å². The van der Waals surface area contributed by atoms with E-state index in [0.717, 1.165) is 10.7 Å². The third-order valence-electron chi connectivity index (χ3n) is 1.65. The zero-order valence-electron chi connectivity index (χ0n) is 7.64. The number of amides is 1. The average molecular weight is 212 g/mol. The highest BCUT2D eigenvalue weighted by Gasteiger charge is 2.09. The van der Waals surface area contributed by atoms with Crippen LogP contribution in [0.5, 0.6) is 0 Å². The van der Waals surface area contributed by atoms with Crippen molar-refractivity contribution in [3.8, 4) is 0 Å². The van der Waals surface area contributed by atoms with Gasteiger partial charge in [-0.2, -0.15) is 4.98 Å². The lowest BCUT2D eigenvalue weighted by molar-refractivity contribution is 0.186. The Morgan fingerprint density at radius 3 is 3.14 bits per heavy atom. The molecule has 1 amide bonds. The van der Waals surface area contributed by atoms with Crippen molar-refractivity contribution in [3.63, 3.8) is 0 Å². The topological polar surface area (TPSA) is 68.5 Å². The summed E-state index contributed by atoms with van der Waals surface area (Å²) in [5, 5.41) is 8.40. The molecule has 0 aliphatic carbocycles. The number of aryl methyl sites for hydroxylation is 1. The quantitative estimate of drug-likeness (QED) is 0.773. The van der Waals surface area contributed by atoms with Crippen LogP contribution in [0, 0.1) is 6.92 Å². The predicted octanol–water partition coefficient (Wildman–Crippen LogP) is 1.28. The number of methoxy groups -OCH3 is 1. The van der Waals surface area contributed by atoms with Gasteiger partial charge in [0.1, 0.15) is 0 Å². The van der Waals surface area contributed by atoms with Crippen LogP contribution in [0.25, 0.3) is 4.96 Å². The van der Waals surface area contributed by atoms with Crippen LogP contribution in [-0.2, 0) is 4.74 Å². The van der Waals surface area contributed by atoms with Crippen molar-refractivity contribution in [2.75, 3.05) is 12.4 Å². The van der Waals surface area contributed by atoms with Crippen LogP contribution in [0.4, 0.5) is 10.7 Å². The molecule has 0 bridgehead atoms. The first-order valence-corrected chi connectivity index (χ1v) is 4.74. The molecule has 2 rings (SSSR count). The molecule has 7 heteroatoms. The number of carbonyl (C=O) groups is 1. The number of ether oxygens (including phenoxy) is 1. The monoisotopic (exact) mass is 212 g/mol. The summed E-state index contributed by atoms with van der Waals surface area (Å²) in [6.07, 6.45) is -0.569. The van der Waals surface area contributed by atoms with Gasteiger partial charge in [0.25, 0.3) is 5.95 Å². The Kier molecular flexibility index (Phi) is 2.08. The predicted molar refractivity (Wildman–Crippen MR) is 51.6 cm³/mol. The first-order chi connectivity index (χ1) is 6.70. The molecule has 14 heavy (non-hydrogen) atoms. The van der Waals surface area contributed by atoms with Crippen molar-refractivity contribution in [3.05, 3.63) is 11.1 Å². The number of hydrogen-bond acceptors (Lipinski definition) is 5. The standard InChI is InChI=1S/C7H8N4O2S/c1-4-3-14-6-8-5(10-11(4)6)9-7(12)13-2/h3H,1-2H3,(H,9,10,12). The molecule has 2 aromatic heterocycles.